The van der Waals surface area contributed by atoms with Gasteiger partial charge in [0.2, 0.25) is 10.0 Å². The molecular weight excluding hydrogens is 481 g/mol. The molecule has 1 heterocycles. The molecule has 1 aliphatic rings. The SMILES string of the molecule is COC(=O)/C(=C/c1ccc(Cl)cc1)[C@H]1[C@H](c2ccccc2Cl)N1S(=O)(=O)c1ccc(C)cc1. The van der Waals surface area contributed by atoms with Gasteiger partial charge in [0, 0.05) is 10.0 Å². The fraction of sp³-hybridized carbons (Fsp3) is 0.160. The van der Waals surface area contributed by atoms with E-state index in [1.165, 1.54) is 11.4 Å². The Hall–Kier alpha value is -2.64. The highest BCUT2D eigenvalue weighted by Crippen LogP contribution is 2.53. The Labute approximate surface area is 203 Å². The minimum Gasteiger partial charge on any atom is -0.466 e. The summed E-state index contributed by atoms with van der Waals surface area (Å²) in [4.78, 5) is 13.0. The van der Waals surface area contributed by atoms with E-state index in [0.29, 0.717) is 21.2 Å². The summed E-state index contributed by atoms with van der Waals surface area (Å²) < 4.78 is 33.5. The van der Waals surface area contributed by atoms with Crippen LogP contribution in [0.2, 0.25) is 10.0 Å². The molecule has 3 aromatic carbocycles. The molecule has 0 bridgehead atoms. The average molecular weight is 502 g/mol. The smallest absolute Gasteiger partial charge is 0.335 e. The number of aryl methyl sites for hydroxylation is 1. The van der Waals surface area contributed by atoms with Gasteiger partial charge in [-0.05, 0) is 54.5 Å². The van der Waals surface area contributed by atoms with Crippen molar-refractivity contribution >= 4 is 45.3 Å². The highest BCUT2D eigenvalue weighted by atomic mass is 35.5. The van der Waals surface area contributed by atoms with Gasteiger partial charge < -0.3 is 4.74 Å². The monoisotopic (exact) mass is 501 g/mol. The molecule has 1 saturated heterocycles. The van der Waals surface area contributed by atoms with Crippen molar-refractivity contribution in [1.82, 2.24) is 4.31 Å². The molecule has 0 aliphatic carbocycles. The van der Waals surface area contributed by atoms with Crippen LogP contribution in [-0.4, -0.2) is 31.8 Å². The van der Waals surface area contributed by atoms with Crippen molar-refractivity contribution < 1.29 is 17.9 Å². The maximum absolute atomic E-state index is 13.6. The zero-order valence-electron chi connectivity index (χ0n) is 17.9. The number of nitrogens with zero attached hydrogens (tertiary/aromatic N) is 1. The topological polar surface area (TPSA) is 63.5 Å². The molecule has 33 heavy (non-hydrogen) atoms. The molecule has 3 atom stereocenters. The van der Waals surface area contributed by atoms with Crippen molar-refractivity contribution in [2.45, 2.75) is 23.9 Å². The lowest BCUT2D eigenvalue weighted by Crippen LogP contribution is -2.19. The van der Waals surface area contributed by atoms with Crippen molar-refractivity contribution in [3.05, 3.63) is 105 Å². The first-order chi connectivity index (χ1) is 15.7. The van der Waals surface area contributed by atoms with Crippen LogP contribution in [0.25, 0.3) is 6.08 Å². The number of halogens is 2. The van der Waals surface area contributed by atoms with Crippen molar-refractivity contribution in [3.63, 3.8) is 0 Å². The number of esters is 1. The van der Waals surface area contributed by atoms with E-state index in [9.17, 15) is 13.2 Å². The third-order valence-corrected chi connectivity index (χ3v) is 7.98. The van der Waals surface area contributed by atoms with Gasteiger partial charge in [-0.1, -0.05) is 71.2 Å². The van der Waals surface area contributed by atoms with Gasteiger partial charge in [-0.2, -0.15) is 4.31 Å². The van der Waals surface area contributed by atoms with Crippen LogP contribution in [0, 0.1) is 6.92 Å². The molecule has 0 spiro atoms. The van der Waals surface area contributed by atoms with Gasteiger partial charge >= 0.3 is 5.97 Å². The standard InChI is InChI=1S/C25H21Cl2NO4S/c1-16-7-13-19(14-8-16)33(30,31)28-23(20-5-3-4-6-22(20)27)24(28)21(25(29)32-2)15-17-9-11-18(26)12-10-17/h3-15,23-24H,1-2H3/b21-15+/t23-,24-,28?/m0/s1. The first-order valence-corrected chi connectivity index (χ1v) is 12.3. The third kappa shape index (κ3) is 4.70. The molecule has 170 valence electrons. The van der Waals surface area contributed by atoms with E-state index in [2.05, 4.69) is 0 Å². The van der Waals surface area contributed by atoms with Crippen LogP contribution in [0.5, 0.6) is 0 Å². The Morgan fingerprint density at radius 1 is 0.970 bits per heavy atom. The summed E-state index contributed by atoms with van der Waals surface area (Å²) in [6, 6.07) is 19.1. The van der Waals surface area contributed by atoms with E-state index >= 15 is 0 Å². The highest BCUT2D eigenvalue weighted by Gasteiger charge is 2.60. The largest absolute Gasteiger partial charge is 0.466 e. The van der Waals surface area contributed by atoms with Gasteiger partial charge in [0.25, 0.3) is 0 Å². The van der Waals surface area contributed by atoms with E-state index in [1.807, 2.05) is 6.92 Å². The number of carbonyl (C=O) groups is 1. The number of sulfonamides is 1. The summed E-state index contributed by atoms with van der Waals surface area (Å²) in [7, 11) is -2.66. The Bertz CT molecular complexity index is 1320. The van der Waals surface area contributed by atoms with Crippen molar-refractivity contribution in [2.75, 3.05) is 7.11 Å². The molecule has 0 radical (unpaired) electrons. The average Bonchev–Trinajstić information content (AvgIpc) is 3.55. The van der Waals surface area contributed by atoms with E-state index < -0.39 is 28.1 Å². The van der Waals surface area contributed by atoms with Crippen LogP contribution >= 0.6 is 23.2 Å². The maximum atomic E-state index is 13.6. The molecule has 3 aromatic rings. The summed E-state index contributed by atoms with van der Waals surface area (Å²) in [5.41, 5.74) is 2.46. The van der Waals surface area contributed by atoms with Gasteiger partial charge in [-0.3, -0.25) is 0 Å². The minimum atomic E-state index is -3.93. The second-order valence-corrected chi connectivity index (χ2v) is 10.4. The number of carbonyl (C=O) groups excluding carboxylic acids is 1. The number of hydrogen-bond donors (Lipinski definition) is 0. The summed E-state index contributed by atoms with van der Waals surface area (Å²) in [5, 5.41) is 0.973. The predicted octanol–water partition coefficient (Wildman–Crippen LogP) is 5.67. The number of rotatable bonds is 6. The van der Waals surface area contributed by atoms with Gasteiger partial charge in [0.05, 0.1) is 29.7 Å². The van der Waals surface area contributed by atoms with Gasteiger partial charge in [-0.15, -0.1) is 0 Å². The lowest BCUT2D eigenvalue weighted by Gasteiger charge is -2.09. The van der Waals surface area contributed by atoms with Gasteiger partial charge in [-0.25, -0.2) is 13.2 Å². The molecule has 0 amide bonds. The zero-order chi connectivity index (χ0) is 23.8. The van der Waals surface area contributed by atoms with E-state index in [1.54, 1.807) is 78.9 Å². The van der Waals surface area contributed by atoms with E-state index in [-0.39, 0.29) is 10.5 Å². The van der Waals surface area contributed by atoms with Gasteiger partial charge in [0.1, 0.15) is 0 Å². The lowest BCUT2D eigenvalue weighted by molar-refractivity contribution is -0.136. The summed E-state index contributed by atoms with van der Waals surface area (Å²) in [6.07, 6.45) is 1.63. The van der Waals surface area contributed by atoms with Crippen LogP contribution in [-0.2, 0) is 19.6 Å². The molecular formula is C25H21Cl2NO4S. The fourth-order valence-electron chi connectivity index (χ4n) is 3.79. The zero-order valence-corrected chi connectivity index (χ0v) is 20.2. The molecule has 5 nitrogen and oxygen atoms in total. The lowest BCUT2D eigenvalue weighted by atomic mass is 10.0. The quantitative estimate of drug-likeness (QED) is 0.248. The number of benzene rings is 3. The molecule has 1 aliphatic heterocycles. The minimum absolute atomic E-state index is 0.142. The Balaban J connectivity index is 1.84. The van der Waals surface area contributed by atoms with Crippen LogP contribution in [0.1, 0.15) is 22.7 Å². The second-order valence-electron chi connectivity index (χ2n) is 7.70. The fourth-order valence-corrected chi connectivity index (χ4v) is 5.89. The molecule has 1 fully saturated rings. The van der Waals surface area contributed by atoms with E-state index in [0.717, 1.165) is 5.56 Å². The molecule has 4 rings (SSSR count). The molecule has 0 aromatic heterocycles. The normalized spacial score (nSPS) is 20.4. The maximum Gasteiger partial charge on any atom is 0.335 e. The molecule has 0 N–H and O–H groups in total. The Morgan fingerprint density at radius 2 is 1.61 bits per heavy atom. The third-order valence-electron chi connectivity index (χ3n) is 5.51. The van der Waals surface area contributed by atoms with Crippen molar-refractivity contribution in [1.29, 1.82) is 0 Å². The molecule has 1 unspecified atom stereocenters. The Kier molecular flexibility index (Phi) is 6.64. The number of hydrogen-bond acceptors (Lipinski definition) is 4. The first kappa shape index (κ1) is 23.5. The van der Waals surface area contributed by atoms with Crippen molar-refractivity contribution in [3.8, 4) is 0 Å². The van der Waals surface area contributed by atoms with Crippen LogP contribution in [0.3, 0.4) is 0 Å². The number of ether oxygens (including phenoxy) is 1. The van der Waals surface area contributed by atoms with Crippen LogP contribution in [0.15, 0.2) is 83.3 Å². The number of methoxy groups -OCH3 is 1. The molecule has 8 heteroatoms. The molecule has 0 saturated carbocycles. The van der Waals surface area contributed by atoms with E-state index in [4.69, 9.17) is 27.9 Å². The van der Waals surface area contributed by atoms with Crippen LogP contribution in [0.4, 0.5) is 0 Å². The summed E-state index contributed by atoms with van der Waals surface area (Å²) in [5.74, 6) is -0.617. The first-order valence-electron chi connectivity index (χ1n) is 10.1. The predicted molar refractivity (Wildman–Crippen MR) is 130 cm³/mol. The summed E-state index contributed by atoms with van der Waals surface area (Å²) in [6.45, 7) is 1.88. The summed E-state index contributed by atoms with van der Waals surface area (Å²) >= 11 is 12.4. The highest BCUT2D eigenvalue weighted by molar-refractivity contribution is 7.89. The Morgan fingerprint density at radius 3 is 2.21 bits per heavy atom. The van der Waals surface area contributed by atoms with Crippen LogP contribution < -0.4 is 0 Å². The van der Waals surface area contributed by atoms with Gasteiger partial charge in [0.15, 0.2) is 0 Å². The van der Waals surface area contributed by atoms with Crippen molar-refractivity contribution in [2.24, 2.45) is 0 Å². The second kappa shape index (κ2) is 9.31.